The number of benzene rings is 3. The molecule has 3 aromatic carbocycles. The Labute approximate surface area is 256 Å². The Hall–Kier alpha value is -3.85. The third kappa shape index (κ3) is 6.62. The number of anilines is 4. The fraction of sp³-hybridized carbons (Fsp3) is 0.281. The number of carbonyl (C=O) groups excluding carboxylic acids is 1. The first-order valence-corrected chi connectivity index (χ1v) is 14.5. The van der Waals surface area contributed by atoms with Gasteiger partial charge in [-0.3, -0.25) is 4.90 Å². The zero-order valence-electron chi connectivity index (χ0n) is 24.4. The number of likely N-dealkylation sites (N-methyl/N-ethyl adjacent to an activating group) is 1. The number of hydrogen-bond donors (Lipinski definition) is 1. The van der Waals surface area contributed by atoms with Gasteiger partial charge in [-0.2, -0.15) is 4.98 Å². The standard InChI is InChI=1S/C32H34Cl2N6O2/c1-20-6-12-26(22(3)21(20)2)28-19-30(42-32(41)39(5)29-18-23(33)7-13-27(29)34)37-31(36-28)35-24-8-10-25(11-9-24)40-16-14-38(4)15-17-40/h6-13,18-19H,14-17H2,1-5H3,(H,35,36,37). The molecule has 1 saturated heterocycles. The van der Waals surface area contributed by atoms with Crippen LogP contribution in [0.25, 0.3) is 11.3 Å². The predicted octanol–water partition coefficient (Wildman–Crippen LogP) is 7.51. The molecule has 42 heavy (non-hydrogen) atoms. The van der Waals surface area contributed by atoms with Gasteiger partial charge in [0.1, 0.15) is 0 Å². The molecule has 0 radical (unpaired) electrons. The summed E-state index contributed by atoms with van der Waals surface area (Å²) in [6.45, 7) is 10.3. The SMILES string of the molecule is Cc1ccc(-c2cc(OC(=O)N(C)c3cc(Cl)ccc3Cl)nc(Nc3ccc(N4CCN(C)CC4)cc3)n2)c(C)c1C. The van der Waals surface area contributed by atoms with Gasteiger partial charge in [-0.05, 0) is 87.0 Å². The molecule has 8 nitrogen and oxygen atoms in total. The number of hydrogen-bond acceptors (Lipinski definition) is 7. The van der Waals surface area contributed by atoms with Crippen LogP contribution in [0.4, 0.5) is 27.8 Å². The molecule has 0 aliphatic carbocycles. The Balaban J connectivity index is 1.44. The molecule has 0 saturated carbocycles. The quantitative estimate of drug-likeness (QED) is 0.244. The molecule has 0 bridgehead atoms. The van der Waals surface area contributed by atoms with Crippen molar-refractivity contribution in [1.82, 2.24) is 14.9 Å². The summed E-state index contributed by atoms with van der Waals surface area (Å²) in [4.78, 5) is 28.5. The van der Waals surface area contributed by atoms with Crippen molar-refractivity contribution in [3.63, 3.8) is 0 Å². The number of aryl methyl sites for hydroxylation is 1. The van der Waals surface area contributed by atoms with Crippen LogP contribution in [0.3, 0.4) is 0 Å². The Morgan fingerprint density at radius 2 is 1.62 bits per heavy atom. The summed E-state index contributed by atoms with van der Waals surface area (Å²) < 4.78 is 5.75. The number of piperazine rings is 1. The first kappa shape index (κ1) is 29.6. The molecule has 1 aliphatic heterocycles. The minimum atomic E-state index is -0.664. The van der Waals surface area contributed by atoms with Crippen molar-refractivity contribution in [2.24, 2.45) is 0 Å². The molecule has 1 aromatic heterocycles. The summed E-state index contributed by atoms with van der Waals surface area (Å²) >= 11 is 12.5. The second-order valence-corrected chi connectivity index (χ2v) is 11.4. The van der Waals surface area contributed by atoms with E-state index < -0.39 is 6.09 Å². The van der Waals surface area contributed by atoms with E-state index in [1.165, 1.54) is 21.7 Å². The number of amides is 1. The fourth-order valence-corrected chi connectivity index (χ4v) is 5.26. The fourth-order valence-electron chi connectivity index (χ4n) is 4.85. The average molecular weight is 606 g/mol. The molecule has 10 heteroatoms. The maximum absolute atomic E-state index is 13.2. The molecular weight excluding hydrogens is 571 g/mol. The van der Waals surface area contributed by atoms with Gasteiger partial charge in [0.2, 0.25) is 11.8 Å². The van der Waals surface area contributed by atoms with E-state index in [9.17, 15) is 4.79 Å². The number of halogens is 2. The Kier molecular flexibility index (Phi) is 8.87. The number of nitrogens with zero attached hydrogens (tertiary/aromatic N) is 5. The highest BCUT2D eigenvalue weighted by Crippen LogP contribution is 2.32. The van der Waals surface area contributed by atoms with Crippen molar-refractivity contribution < 1.29 is 9.53 Å². The zero-order valence-corrected chi connectivity index (χ0v) is 25.9. The van der Waals surface area contributed by atoms with Gasteiger partial charge >= 0.3 is 6.09 Å². The van der Waals surface area contributed by atoms with E-state index in [0.29, 0.717) is 27.4 Å². The molecule has 218 valence electrons. The van der Waals surface area contributed by atoms with Crippen molar-refractivity contribution in [2.45, 2.75) is 20.8 Å². The van der Waals surface area contributed by atoms with Crippen LogP contribution >= 0.6 is 23.2 Å². The smallest absolute Gasteiger partial charge is 0.391 e. The number of rotatable bonds is 6. The van der Waals surface area contributed by atoms with Crippen LogP contribution in [0.2, 0.25) is 10.0 Å². The van der Waals surface area contributed by atoms with Crippen LogP contribution in [0.15, 0.2) is 60.7 Å². The monoisotopic (exact) mass is 604 g/mol. The molecule has 0 spiro atoms. The molecule has 2 heterocycles. The Morgan fingerprint density at radius 1 is 0.905 bits per heavy atom. The van der Waals surface area contributed by atoms with Gasteiger partial charge in [-0.1, -0.05) is 35.3 Å². The molecule has 4 aromatic rings. The highest BCUT2D eigenvalue weighted by atomic mass is 35.5. The van der Waals surface area contributed by atoms with Crippen LogP contribution in [0.1, 0.15) is 16.7 Å². The van der Waals surface area contributed by atoms with E-state index in [4.69, 9.17) is 32.9 Å². The summed E-state index contributed by atoms with van der Waals surface area (Å²) in [6, 6.07) is 18.8. The predicted molar refractivity (Wildman–Crippen MR) is 172 cm³/mol. The van der Waals surface area contributed by atoms with Crippen molar-refractivity contribution in [2.75, 3.05) is 55.4 Å². The minimum absolute atomic E-state index is 0.101. The lowest BCUT2D eigenvalue weighted by molar-refractivity contribution is 0.207. The number of aromatic nitrogens is 2. The van der Waals surface area contributed by atoms with Gasteiger partial charge in [0.15, 0.2) is 0 Å². The molecule has 0 atom stereocenters. The van der Waals surface area contributed by atoms with Gasteiger partial charge in [-0.15, -0.1) is 0 Å². The summed E-state index contributed by atoms with van der Waals surface area (Å²) in [5, 5.41) is 4.12. The largest absolute Gasteiger partial charge is 0.420 e. The van der Waals surface area contributed by atoms with E-state index in [1.54, 1.807) is 31.3 Å². The minimum Gasteiger partial charge on any atom is -0.391 e. The highest BCUT2D eigenvalue weighted by molar-refractivity contribution is 6.35. The number of carbonyl (C=O) groups is 1. The lowest BCUT2D eigenvalue weighted by atomic mass is 9.97. The van der Waals surface area contributed by atoms with E-state index in [0.717, 1.165) is 43.0 Å². The van der Waals surface area contributed by atoms with Gasteiger partial charge in [0.05, 0.1) is 16.4 Å². The van der Waals surface area contributed by atoms with Crippen LogP contribution < -0.4 is 19.9 Å². The van der Waals surface area contributed by atoms with Crippen molar-refractivity contribution in [3.05, 3.63) is 87.4 Å². The van der Waals surface area contributed by atoms with Crippen LogP contribution in [-0.4, -0.2) is 61.2 Å². The normalized spacial score (nSPS) is 13.6. The van der Waals surface area contributed by atoms with E-state index >= 15 is 0 Å². The molecular formula is C32H34Cl2N6O2. The Morgan fingerprint density at radius 3 is 2.33 bits per heavy atom. The summed E-state index contributed by atoms with van der Waals surface area (Å²) in [5.41, 5.74) is 7.44. The molecule has 1 aliphatic rings. The summed E-state index contributed by atoms with van der Waals surface area (Å²) in [6.07, 6.45) is -0.664. The van der Waals surface area contributed by atoms with Crippen LogP contribution in [0.5, 0.6) is 5.88 Å². The van der Waals surface area contributed by atoms with Crippen molar-refractivity contribution in [1.29, 1.82) is 0 Å². The number of nitrogens with one attached hydrogen (secondary N) is 1. The van der Waals surface area contributed by atoms with Gasteiger partial charge in [-0.25, -0.2) is 9.78 Å². The van der Waals surface area contributed by atoms with Gasteiger partial charge in [0, 0.05) is 61.3 Å². The lowest BCUT2D eigenvalue weighted by Crippen LogP contribution is -2.44. The molecule has 1 amide bonds. The molecule has 1 fully saturated rings. The summed E-state index contributed by atoms with van der Waals surface area (Å²) in [5.74, 6) is 0.410. The lowest BCUT2D eigenvalue weighted by Gasteiger charge is -2.34. The average Bonchev–Trinajstić information content (AvgIpc) is 2.97. The van der Waals surface area contributed by atoms with Crippen LogP contribution in [-0.2, 0) is 0 Å². The first-order chi connectivity index (χ1) is 20.1. The molecule has 0 unspecified atom stereocenters. The second kappa shape index (κ2) is 12.6. The highest BCUT2D eigenvalue weighted by Gasteiger charge is 2.20. The molecule has 1 N–H and O–H groups in total. The number of ether oxygens (including phenoxy) is 1. The van der Waals surface area contributed by atoms with Crippen LogP contribution in [0, 0.1) is 20.8 Å². The van der Waals surface area contributed by atoms with E-state index in [2.05, 4.69) is 66.1 Å². The second-order valence-electron chi connectivity index (χ2n) is 10.6. The Bertz CT molecular complexity index is 1600. The van der Waals surface area contributed by atoms with E-state index in [-0.39, 0.29) is 5.88 Å². The molecule has 5 rings (SSSR count). The first-order valence-electron chi connectivity index (χ1n) is 13.8. The maximum atomic E-state index is 13.2. The summed E-state index contributed by atoms with van der Waals surface area (Å²) in [7, 11) is 3.71. The van der Waals surface area contributed by atoms with Gasteiger partial charge in [0.25, 0.3) is 0 Å². The maximum Gasteiger partial charge on any atom is 0.420 e. The van der Waals surface area contributed by atoms with E-state index in [1.807, 2.05) is 18.2 Å². The van der Waals surface area contributed by atoms with Crippen molar-refractivity contribution >= 4 is 52.3 Å². The zero-order chi connectivity index (χ0) is 30.0. The topological polar surface area (TPSA) is 73.8 Å². The third-order valence-electron chi connectivity index (χ3n) is 7.76. The van der Waals surface area contributed by atoms with Gasteiger partial charge < -0.3 is 19.9 Å². The third-order valence-corrected chi connectivity index (χ3v) is 8.32. The van der Waals surface area contributed by atoms with Crippen molar-refractivity contribution in [3.8, 4) is 17.1 Å².